The minimum atomic E-state index is -4.06. The van der Waals surface area contributed by atoms with Crippen LogP contribution in [0, 0.1) is 13.8 Å². The molecule has 4 nitrogen and oxygen atoms in total. The van der Waals surface area contributed by atoms with E-state index in [4.69, 9.17) is 0 Å². The minimum Gasteiger partial charge on any atom is -0.272 e. The molecule has 0 saturated carbocycles. The number of sulfonamides is 1. The Morgan fingerprint density at radius 1 is 0.833 bits per heavy atom. The molecule has 0 aliphatic carbocycles. The van der Waals surface area contributed by atoms with E-state index < -0.39 is 21.3 Å². The van der Waals surface area contributed by atoms with Gasteiger partial charge in [-0.3, -0.25) is 4.79 Å². The lowest BCUT2D eigenvalue weighted by molar-refractivity contribution is -0.120. The molecule has 3 aromatic rings. The van der Waals surface area contributed by atoms with E-state index in [1.807, 2.05) is 50.2 Å². The zero-order chi connectivity index (χ0) is 21.7. The van der Waals surface area contributed by atoms with Gasteiger partial charge < -0.3 is 0 Å². The molecule has 0 spiro atoms. The van der Waals surface area contributed by atoms with Gasteiger partial charge in [0.2, 0.25) is 0 Å². The van der Waals surface area contributed by atoms with Gasteiger partial charge in [-0.25, -0.2) is 12.7 Å². The summed E-state index contributed by atoms with van der Waals surface area (Å²) in [4.78, 5) is 14.1. The summed E-state index contributed by atoms with van der Waals surface area (Å²) in [5.74, 6) is -0.443. The number of nitrogens with zero attached hydrogens (tertiary/aromatic N) is 1. The van der Waals surface area contributed by atoms with E-state index >= 15 is 0 Å². The van der Waals surface area contributed by atoms with Crippen LogP contribution in [0.1, 0.15) is 22.3 Å². The van der Waals surface area contributed by atoms with Crippen LogP contribution in [-0.4, -0.2) is 16.3 Å². The number of para-hydroxylation sites is 1. The van der Waals surface area contributed by atoms with Gasteiger partial charge in [0.05, 0.1) is 12.5 Å². The molecular formula is C23H19I2NO3S. The maximum Gasteiger partial charge on any atom is 0.270 e. The van der Waals surface area contributed by atoms with Crippen molar-refractivity contribution in [3.63, 3.8) is 0 Å². The second-order valence-electron chi connectivity index (χ2n) is 7.38. The zero-order valence-electron chi connectivity index (χ0n) is 16.3. The molecule has 0 aromatic heterocycles. The maximum atomic E-state index is 14.0. The van der Waals surface area contributed by atoms with E-state index in [1.165, 1.54) is 0 Å². The molecule has 0 radical (unpaired) electrons. The smallest absolute Gasteiger partial charge is 0.270 e. The highest BCUT2D eigenvalue weighted by atomic mass is 127. The summed E-state index contributed by atoms with van der Waals surface area (Å²) in [5, 5.41) is 0. The molecule has 30 heavy (non-hydrogen) atoms. The number of anilines is 1. The quantitative estimate of drug-likeness (QED) is 0.278. The zero-order valence-corrected chi connectivity index (χ0v) is 21.5. The molecule has 7 heteroatoms. The van der Waals surface area contributed by atoms with Crippen LogP contribution < -0.4 is 4.31 Å². The minimum absolute atomic E-state index is 0.106. The Hall–Kier alpha value is -1.46. The summed E-state index contributed by atoms with van der Waals surface area (Å²) >= 11 is 4.45. The fourth-order valence-electron chi connectivity index (χ4n) is 3.86. The molecule has 0 N–H and O–H groups in total. The lowest BCUT2D eigenvalue weighted by atomic mass is 9.77. The Morgan fingerprint density at radius 2 is 1.37 bits per heavy atom. The van der Waals surface area contributed by atoms with Crippen molar-refractivity contribution in [2.24, 2.45) is 0 Å². The van der Waals surface area contributed by atoms with Gasteiger partial charge in [-0.1, -0.05) is 111 Å². The van der Waals surface area contributed by atoms with Crippen LogP contribution >= 0.6 is 45.2 Å². The van der Waals surface area contributed by atoms with Gasteiger partial charge in [0.1, 0.15) is 5.41 Å². The van der Waals surface area contributed by atoms with E-state index in [0.29, 0.717) is 11.3 Å². The van der Waals surface area contributed by atoms with Gasteiger partial charge in [0.15, 0.2) is 0 Å². The number of halogens is 2. The van der Waals surface area contributed by atoms with Crippen molar-refractivity contribution in [3.8, 4) is 0 Å². The molecule has 3 aromatic carbocycles. The highest BCUT2D eigenvalue weighted by molar-refractivity contribution is 14.2. The number of carbonyl (C=O) groups excluding carboxylic acids is 1. The summed E-state index contributed by atoms with van der Waals surface area (Å²) in [6, 6.07) is 21.6. The number of aryl methyl sites for hydroxylation is 2. The Balaban J connectivity index is 1.99. The Kier molecular flexibility index (Phi) is 5.73. The number of alkyl halides is 2. The summed E-state index contributed by atoms with van der Waals surface area (Å²) in [5.41, 5.74) is 2.86. The van der Waals surface area contributed by atoms with Crippen molar-refractivity contribution in [2.75, 3.05) is 4.31 Å². The average Bonchev–Trinajstić information content (AvgIpc) is 2.98. The number of rotatable bonds is 4. The summed E-state index contributed by atoms with van der Waals surface area (Å²) in [6.45, 7) is 3.88. The number of fused-ring (bicyclic) bond motifs is 1. The van der Waals surface area contributed by atoms with Crippen LogP contribution in [0.5, 0.6) is 0 Å². The highest BCUT2D eigenvalue weighted by Gasteiger charge is 2.58. The number of hydrogen-bond donors (Lipinski definition) is 0. The van der Waals surface area contributed by atoms with Crippen LogP contribution in [0.2, 0.25) is 0 Å². The van der Waals surface area contributed by atoms with E-state index in [-0.39, 0.29) is 6.83 Å². The normalized spacial score (nSPS) is 18.7. The molecular weight excluding hydrogens is 624 g/mol. The third kappa shape index (κ3) is 3.20. The Morgan fingerprint density at radius 3 is 1.93 bits per heavy atom. The second-order valence-corrected chi connectivity index (χ2v) is 14.0. The number of benzene rings is 3. The van der Waals surface area contributed by atoms with Crippen LogP contribution in [0.15, 0.2) is 77.7 Å². The van der Waals surface area contributed by atoms with E-state index in [1.54, 1.807) is 36.4 Å². The predicted octanol–water partition coefficient (Wildman–Crippen LogP) is 5.52. The first-order valence-electron chi connectivity index (χ1n) is 9.32. The van der Waals surface area contributed by atoms with Crippen LogP contribution in [-0.2, 0) is 20.2 Å². The van der Waals surface area contributed by atoms with Gasteiger partial charge in [0, 0.05) is 0 Å². The Labute approximate surface area is 204 Å². The summed E-state index contributed by atoms with van der Waals surface area (Å²) in [6.07, 6.45) is 0. The molecule has 154 valence electrons. The largest absolute Gasteiger partial charge is 0.272 e. The number of amides is 1. The lowest BCUT2D eigenvalue weighted by Crippen LogP contribution is -2.47. The fourth-order valence-corrected chi connectivity index (χ4v) is 7.25. The maximum absolute atomic E-state index is 14.0. The van der Waals surface area contributed by atoms with E-state index in [2.05, 4.69) is 45.2 Å². The number of hydrogen-bond acceptors (Lipinski definition) is 3. The van der Waals surface area contributed by atoms with Crippen LogP contribution in [0.4, 0.5) is 5.69 Å². The van der Waals surface area contributed by atoms with E-state index in [0.717, 1.165) is 21.0 Å². The first-order chi connectivity index (χ1) is 14.2. The van der Waals surface area contributed by atoms with Crippen LogP contribution in [0.25, 0.3) is 0 Å². The van der Waals surface area contributed by atoms with Crippen molar-refractivity contribution in [1.29, 1.82) is 0 Å². The second kappa shape index (κ2) is 7.90. The van der Waals surface area contributed by atoms with Gasteiger partial charge >= 0.3 is 0 Å². The van der Waals surface area contributed by atoms with Crippen LogP contribution in [0.3, 0.4) is 0 Å². The molecule has 0 fully saturated rings. The first-order valence-corrected chi connectivity index (χ1v) is 13.2. The lowest BCUT2D eigenvalue weighted by Gasteiger charge is -2.31. The first kappa shape index (κ1) is 21.8. The molecule has 0 bridgehead atoms. The van der Waals surface area contributed by atoms with Crippen molar-refractivity contribution in [2.45, 2.75) is 26.1 Å². The van der Waals surface area contributed by atoms with Crippen molar-refractivity contribution >= 4 is 66.8 Å². The molecule has 0 saturated heterocycles. The van der Waals surface area contributed by atoms with Crippen molar-refractivity contribution in [1.82, 2.24) is 0 Å². The summed E-state index contributed by atoms with van der Waals surface area (Å²) in [7, 11) is -4.06. The third-order valence-corrected chi connectivity index (χ3v) is 9.04. The predicted molar refractivity (Wildman–Crippen MR) is 136 cm³/mol. The molecule has 1 unspecified atom stereocenters. The van der Waals surface area contributed by atoms with Gasteiger partial charge in [0.25, 0.3) is 15.9 Å². The van der Waals surface area contributed by atoms with E-state index in [9.17, 15) is 13.2 Å². The summed E-state index contributed by atoms with van der Waals surface area (Å²) < 4.78 is 28.0. The number of carbonyl (C=O) groups is 1. The molecule has 1 aliphatic heterocycles. The molecule has 1 aliphatic rings. The van der Waals surface area contributed by atoms with Crippen molar-refractivity contribution < 1.29 is 13.2 Å². The highest BCUT2D eigenvalue weighted by Crippen LogP contribution is 2.53. The molecule has 1 amide bonds. The SMILES string of the molecule is Cc1ccc(C2(C(I)I)C(=O)N(S(=O)(=O)c3ccc(C)cc3)c3ccccc32)cc1. The monoisotopic (exact) mass is 643 g/mol. The Bertz CT molecular complexity index is 1220. The van der Waals surface area contributed by atoms with Gasteiger partial charge in [-0.05, 0) is 43.2 Å². The van der Waals surface area contributed by atoms with Gasteiger partial charge in [-0.2, -0.15) is 0 Å². The molecule has 1 atom stereocenters. The molecule has 4 rings (SSSR count). The molecule has 1 heterocycles. The fraction of sp³-hybridized carbons (Fsp3) is 0.174. The average molecular weight is 643 g/mol. The third-order valence-electron chi connectivity index (χ3n) is 5.46. The standard InChI is InChI=1S/C23H19I2NO3S/c1-15-7-11-17(12-8-15)23(21(24)25)19-5-3-4-6-20(19)26(22(23)27)30(28,29)18-13-9-16(2)10-14-18/h3-14,21H,1-2H3. The van der Waals surface area contributed by atoms with Gasteiger partial charge in [-0.15, -0.1) is 0 Å². The topological polar surface area (TPSA) is 54.5 Å². The van der Waals surface area contributed by atoms with Crippen molar-refractivity contribution in [3.05, 3.63) is 95.1 Å².